The van der Waals surface area contributed by atoms with Crippen LogP contribution in [-0.4, -0.2) is 27.2 Å². The second-order valence-electron chi connectivity index (χ2n) is 7.40. The van der Waals surface area contributed by atoms with Gasteiger partial charge in [-0.1, -0.05) is 12.1 Å². The average Bonchev–Trinajstić information content (AvgIpc) is 2.99. The van der Waals surface area contributed by atoms with E-state index in [-0.39, 0.29) is 11.8 Å². The molecule has 2 aromatic carbocycles. The Bertz CT molecular complexity index is 1070. The van der Waals surface area contributed by atoms with E-state index in [2.05, 4.69) is 48.9 Å². The molecule has 1 aliphatic heterocycles. The van der Waals surface area contributed by atoms with Crippen LogP contribution in [0.4, 0.5) is 17.1 Å². The first kappa shape index (κ1) is 24.3. The van der Waals surface area contributed by atoms with Crippen molar-refractivity contribution < 1.29 is 22.3 Å². The van der Waals surface area contributed by atoms with Gasteiger partial charge >= 0.3 is 47.7 Å². The molecule has 3 aromatic rings. The van der Waals surface area contributed by atoms with Crippen LogP contribution < -0.4 is 20.3 Å². The molecule has 0 saturated heterocycles. The second kappa shape index (κ2) is 10.5. The normalized spacial score (nSPS) is 17.2. The molecule has 0 spiro atoms. The molecular formula is C22H26Cl3N3O2Zn. The van der Waals surface area contributed by atoms with Gasteiger partial charge in [-0.05, 0) is 38.1 Å². The van der Waals surface area contributed by atoms with E-state index < -0.39 is 13.0 Å². The van der Waals surface area contributed by atoms with Crippen molar-refractivity contribution in [3.8, 4) is 0 Å². The van der Waals surface area contributed by atoms with E-state index in [4.69, 9.17) is 33.5 Å². The van der Waals surface area contributed by atoms with Crippen molar-refractivity contribution in [3.05, 3.63) is 64.5 Å². The van der Waals surface area contributed by atoms with Gasteiger partial charge in [-0.25, -0.2) is 4.79 Å². The number of rotatable bonds is 4. The second-order valence-corrected chi connectivity index (χ2v) is 21.3. The summed E-state index contributed by atoms with van der Waals surface area (Å²) in [6.45, 7) is 6.09. The van der Waals surface area contributed by atoms with Crippen LogP contribution >= 0.6 is 29.1 Å². The summed E-state index contributed by atoms with van der Waals surface area (Å²) in [6, 6.07) is 16.4. The molecule has 0 aliphatic carbocycles. The van der Waals surface area contributed by atoms with E-state index in [1.807, 2.05) is 37.4 Å². The fourth-order valence-electron chi connectivity index (χ4n) is 4.23. The quantitative estimate of drug-likeness (QED) is 0.377. The Morgan fingerprint density at radius 3 is 2.35 bits per heavy atom. The van der Waals surface area contributed by atoms with E-state index in [0.717, 1.165) is 29.9 Å². The van der Waals surface area contributed by atoms with Crippen molar-refractivity contribution >= 4 is 57.1 Å². The summed E-state index contributed by atoms with van der Waals surface area (Å²) in [6.07, 6.45) is -0.0921. The molecule has 0 fully saturated rings. The van der Waals surface area contributed by atoms with Crippen molar-refractivity contribution in [3.63, 3.8) is 0 Å². The molecule has 1 aliphatic rings. The van der Waals surface area contributed by atoms with Crippen LogP contribution in [0.5, 0.6) is 0 Å². The van der Waals surface area contributed by atoms with Crippen LogP contribution in [0.3, 0.4) is 0 Å². The molecule has 0 radical (unpaired) electrons. The van der Waals surface area contributed by atoms with Gasteiger partial charge in [-0.2, -0.15) is 0 Å². The zero-order valence-electron chi connectivity index (χ0n) is 18.2. The standard InChI is InChI=1S/C22H25N3O2.3ClH.Zn/c1-5-25(6-2)16-12-11-15-13-17(22(26)27-20(15)14-16)21-23(3)18-9-7-8-10-19(18)24(21)4;;;;/h7-14,21H,5-6H2,1-4H3;3*1H;/q;;;;+2/p-2. The van der Waals surface area contributed by atoms with E-state index in [9.17, 15) is 4.79 Å². The molecule has 0 amide bonds. The van der Waals surface area contributed by atoms with Gasteiger partial charge in [-0.15, -0.1) is 0 Å². The van der Waals surface area contributed by atoms with Crippen LogP contribution in [0.1, 0.15) is 25.6 Å². The monoisotopic (exact) mass is 533 g/mol. The van der Waals surface area contributed by atoms with Gasteiger partial charge in [0.1, 0.15) is 16.8 Å². The zero-order chi connectivity index (χ0) is 22.7. The third kappa shape index (κ3) is 5.21. The number of para-hydroxylation sites is 2. The first-order valence-corrected chi connectivity index (χ1v) is 22.0. The summed E-state index contributed by atoms with van der Waals surface area (Å²) in [5, 5.41) is 0.956. The first-order valence-electron chi connectivity index (χ1n) is 10.3. The molecular weight excluding hydrogens is 510 g/mol. The number of quaternary nitrogens is 1. The van der Waals surface area contributed by atoms with Gasteiger partial charge in [-0.3, -0.25) is 4.90 Å². The summed E-state index contributed by atoms with van der Waals surface area (Å²) >= 11 is -2.21. The van der Waals surface area contributed by atoms with E-state index in [1.165, 1.54) is 10.6 Å². The molecule has 9 heteroatoms. The predicted molar refractivity (Wildman–Crippen MR) is 128 cm³/mol. The molecule has 164 valence electrons. The maximum atomic E-state index is 12.9. The minimum atomic E-state index is -2.21. The topological polar surface area (TPSA) is 41.1 Å². The van der Waals surface area contributed by atoms with Gasteiger partial charge in [0, 0.05) is 43.3 Å². The fourth-order valence-corrected chi connectivity index (χ4v) is 4.23. The number of nitrogens with one attached hydrogen (secondary N) is 1. The third-order valence-corrected chi connectivity index (χ3v) is 5.68. The summed E-state index contributed by atoms with van der Waals surface area (Å²) < 4.78 is 5.76. The molecule has 1 aromatic heterocycles. The summed E-state index contributed by atoms with van der Waals surface area (Å²) in [7, 11) is 19.2. The van der Waals surface area contributed by atoms with Gasteiger partial charge in [0.2, 0.25) is 6.17 Å². The molecule has 2 atom stereocenters. The van der Waals surface area contributed by atoms with Crippen LogP contribution in [0.25, 0.3) is 11.0 Å². The molecule has 0 saturated carbocycles. The van der Waals surface area contributed by atoms with E-state index >= 15 is 0 Å². The fraction of sp³-hybridized carbons (Fsp3) is 0.318. The predicted octanol–water partition coefficient (Wildman–Crippen LogP) is 5.00. The van der Waals surface area contributed by atoms with Crippen molar-refractivity contribution in [2.45, 2.75) is 20.0 Å². The van der Waals surface area contributed by atoms with Crippen molar-refractivity contribution in [2.75, 3.05) is 37.0 Å². The number of benzene rings is 2. The maximum absolute atomic E-state index is 12.9. The van der Waals surface area contributed by atoms with Crippen LogP contribution in [0.2, 0.25) is 0 Å². The number of hydrogen-bond donors (Lipinski definition) is 1. The SMILES string of the molecule is CCN(CC)c1ccc2cc(C3N(C)c4ccccc4[NH+]3C)c(=O)oc2c1.[Cl][Zn-]([Cl])[Cl]. The number of fused-ring (bicyclic) bond motifs is 2. The number of nitrogens with zero attached hydrogens (tertiary/aromatic N) is 2. The molecule has 31 heavy (non-hydrogen) atoms. The Hall–Kier alpha value is -1.30. The van der Waals surface area contributed by atoms with Crippen LogP contribution in [0, 0.1) is 0 Å². The van der Waals surface area contributed by atoms with Gasteiger partial charge in [0.25, 0.3) is 0 Å². The molecule has 2 unspecified atom stereocenters. The van der Waals surface area contributed by atoms with Crippen molar-refractivity contribution in [1.29, 1.82) is 0 Å². The van der Waals surface area contributed by atoms with Gasteiger partial charge in [0.05, 0.1) is 7.05 Å². The first-order chi connectivity index (χ1) is 14.8. The molecule has 0 bridgehead atoms. The third-order valence-electron chi connectivity index (χ3n) is 5.68. The Labute approximate surface area is 200 Å². The Morgan fingerprint density at radius 2 is 1.74 bits per heavy atom. The molecule has 5 nitrogen and oxygen atoms in total. The minimum absolute atomic E-state index is 0.0921. The van der Waals surface area contributed by atoms with Gasteiger partial charge < -0.3 is 14.2 Å². The molecule has 2 heterocycles. The zero-order valence-corrected chi connectivity index (χ0v) is 23.4. The number of hydrogen-bond acceptors (Lipinski definition) is 4. The number of halogens is 3. The van der Waals surface area contributed by atoms with Crippen molar-refractivity contribution in [1.82, 2.24) is 0 Å². The molecule has 4 rings (SSSR count). The van der Waals surface area contributed by atoms with Crippen LogP contribution in [-0.2, 0) is 13.0 Å². The summed E-state index contributed by atoms with van der Waals surface area (Å²) in [5.41, 5.74) is 4.50. The van der Waals surface area contributed by atoms with Gasteiger partial charge in [0.15, 0.2) is 5.69 Å². The Morgan fingerprint density at radius 1 is 1.10 bits per heavy atom. The van der Waals surface area contributed by atoms with Crippen LogP contribution in [0.15, 0.2) is 57.7 Å². The van der Waals surface area contributed by atoms with Crippen molar-refractivity contribution in [2.24, 2.45) is 0 Å². The number of anilines is 2. The summed E-state index contributed by atoms with van der Waals surface area (Å²) in [5.74, 6) is 0. The molecule has 1 N–H and O–H groups in total. The Balaban J connectivity index is 0.000000628. The Kier molecular flexibility index (Phi) is 8.28. The van der Waals surface area contributed by atoms with E-state index in [0.29, 0.717) is 11.1 Å². The summed E-state index contributed by atoms with van der Waals surface area (Å²) in [4.78, 5) is 18.4. The average molecular weight is 536 g/mol. The van der Waals surface area contributed by atoms with E-state index in [1.54, 1.807) is 0 Å².